The fourth-order valence-electron chi connectivity index (χ4n) is 3.26. The zero-order valence-electron chi connectivity index (χ0n) is 13.2. The van der Waals surface area contributed by atoms with E-state index in [0.717, 1.165) is 31.4 Å². The molecule has 2 aromatic rings. The monoisotopic (exact) mass is 298 g/mol. The van der Waals surface area contributed by atoms with Crippen molar-refractivity contribution in [2.24, 2.45) is 5.92 Å². The molecule has 2 N–H and O–H groups in total. The molecule has 1 aliphatic rings. The second-order valence-electron chi connectivity index (χ2n) is 6.25. The first-order valence-corrected chi connectivity index (χ1v) is 8.35. The third-order valence-electron chi connectivity index (χ3n) is 4.38. The Bertz CT molecular complexity index is 523. The molecule has 0 radical (unpaired) electrons. The summed E-state index contributed by atoms with van der Waals surface area (Å²) < 4.78 is 0. The van der Waals surface area contributed by atoms with Gasteiger partial charge in [-0.15, -0.1) is 0 Å². The number of nitrogens with zero attached hydrogens (tertiary/aromatic N) is 2. The molecular weight excluding hydrogens is 272 g/mol. The lowest BCUT2D eigenvalue weighted by atomic mass is 10.0. The van der Waals surface area contributed by atoms with Crippen molar-refractivity contribution in [2.75, 3.05) is 19.6 Å². The molecule has 22 heavy (non-hydrogen) atoms. The first-order chi connectivity index (χ1) is 10.9. The number of aromatic amines is 1. The summed E-state index contributed by atoms with van der Waals surface area (Å²) in [5, 5.41) is 3.55. The number of H-pyrrole nitrogens is 1. The van der Waals surface area contributed by atoms with Crippen LogP contribution in [0.3, 0.4) is 0 Å². The van der Waals surface area contributed by atoms with E-state index >= 15 is 0 Å². The maximum absolute atomic E-state index is 4.26. The number of imidazole rings is 1. The summed E-state index contributed by atoms with van der Waals surface area (Å²) in [7, 11) is 0. The van der Waals surface area contributed by atoms with Crippen LogP contribution in [-0.4, -0.2) is 34.5 Å². The van der Waals surface area contributed by atoms with Gasteiger partial charge in [-0.2, -0.15) is 0 Å². The van der Waals surface area contributed by atoms with Gasteiger partial charge in [0.25, 0.3) is 0 Å². The van der Waals surface area contributed by atoms with Gasteiger partial charge >= 0.3 is 0 Å². The lowest BCUT2D eigenvalue weighted by Gasteiger charge is -2.24. The van der Waals surface area contributed by atoms with Crippen LogP contribution >= 0.6 is 0 Å². The molecule has 1 saturated heterocycles. The third kappa shape index (κ3) is 4.68. The Labute approximate surface area is 133 Å². The van der Waals surface area contributed by atoms with E-state index in [0.29, 0.717) is 0 Å². The van der Waals surface area contributed by atoms with Gasteiger partial charge in [0.05, 0.1) is 6.54 Å². The highest BCUT2D eigenvalue weighted by molar-refractivity contribution is 5.14. The topological polar surface area (TPSA) is 44.0 Å². The van der Waals surface area contributed by atoms with E-state index in [2.05, 4.69) is 50.5 Å². The highest BCUT2D eigenvalue weighted by Gasteiger charge is 2.18. The first kappa shape index (κ1) is 15.3. The average Bonchev–Trinajstić information content (AvgIpc) is 2.96. The van der Waals surface area contributed by atoms with Crippen LogP contribution in [0.4, 0.5) is 0 Å². The zero-order valence-corrected chi connectivity index (χ0v) is 13.2. The Hall–Kier alpha value is -1.65. The predicted molar refractivity (Wildman–Crippen MR) is 89.4 cm³/mol. The molecule has 4 nitrogen and oxygen atoms in total. The van der Waals surface area contributed by atoms with Gasteiger partial charge < -0.3 is 10.3 Å². The van der Waals surface area contributed by atoms with Gasteiger partial charge in [0.1, 0.15) is 5.82 Å². The number of nitrogens with one attached hydrogen (secondary N) is 2. The summed E-state index contributed by atoms with van der Waals surface area (Å²) >= 11 is 0. The van der Waals surface area contributed by atoms with E-state index in [-0.39, 0.29) is 0 Å². The molecule has 0 amide bonds. The minimum absolute atomic E-state index is 0.737. The van der Waals surface area contributed by atoms with Crippen LogP contribution in [0.2, 0.25) is 0 Å². The molecule has 3 rings (SSSR count). The van der Waals surface area contributed by atoms with Gasteiger partial charge in [-0.3, -0.25) is 4.90 Å². The summed E-state index contributed by atoms with van der Waals surface area (Å²) in [5.74, 6) is 1.76. The second kappa shape index (κ2) is 8.11. The van der Waals surface area contributed by atoms with E-state index in [1.54, 1.807) is 0 Å². The van der Waals surface area contributed by atoms with Crippen molar-refractivity contribution in [3.05, 3.63) is 54.1 Å². The van der Waals surface area contributed by atoms with Crippen molar-refractivity contribution in [1.29, 1.82) is 0 Å². The molecule has 118 valence electrons. The lowest BCUT2D eigenvalue weighted by molar-refractivity contribution is 0.237. The van der Waals surface area contributed by atoms with Crippen molar-refractivity contribution in [2.45, 2.75) is 32.4 Å². The molecule has 1 fully saturated rings. The Morgan fingerprint density at radius 3 is 2.95 bits per heavy atom. The van der Waals surface area contributed by atoms with E-state index in [1.807, 2.05) is 12.4 Å². The van der Waals surface area contributed by atoms with Crippen LogP contribution in [-0.2, 0) is 13.1 Å². The predicted octanol–water partition coefficient (Wildman–Crippen LogP) is 2.80. The third-order valence-corrected chi connectivity index (χ3v) is 4.38. The zero-order chi connectivity index (χ0) is 15.0. The van der Waals surface area contributed by atoms with Gasteiger partial charge in [-0.25, -0.2) is 4.98 Å². The highest BCUT2D eigenvalue weighted by atomic mass is 15.1. The van der Waals surface area contributed by atoms with E-state index < -0.39 is 0 Å². The Morgan fingerprint density at radius 1 is 1.23 bits per heavy atom. The maximum atomic E-state index is 4.26. The van der Waals surface area contributed by atoms with Crippen LogP contribution in [0, 0.1) is 5.92 Å². The quantitative estimate of drug-likeness (QED) is 0.862. The lowest BCUT2D eigenvalue weighted by Crippen LogP contribution is -2.33. The van der Waals surface area contributed by atoms with Crippen LogP contribution < -0.4 is 5.32 Å². The number of aromatic nitrogens is 2. The van der Waals surface area contributed by atoms with Crippen molar-refractivity contribution in [3.8, 4) is 0 Å². The maximum Gasteiger partial charge on any atom is 0.120 e. The van der Waals surface area contributed by atoms with Crippen LogP contribution in [0.1, 0.15) is 30.7 Å². The van der Waals surface area contributed by atoms with Gasteiger partial charge in [0.2, 0.25) is 0 Å². The van der Waals surface area contributed by atoms with Crippen molar-refractivity contribution < 1.29 is 0 Å². The summed E-state index contributed by atoms with van der Waals surface area (Å²) in [6.45, 7) is 5.41. The normalized spacial score (nSPS) is 19.9. The Balaban J connectivity index is 1.47. The first-order valence-electron chi connectivity index (χ1n) is 8.35. The van der Waals surface area contributed by atoms with Gasteiger partial charge in [0.15, 0.2) is 0 Å². The Morgan fingerprint density at radius 2 is 2.14 bits per heavy atom. The molecule has 1 aliphatic heterocycles. The molecule has 4 heteroatoms. The van der Waals surface area contributed by atoms with E-state index in [9.17, 15) is 0 Å². The average molecular weight is 298 g/mol. The SMILES string of the molecule is c1ccc(CN2CCCCC(CNCc3ncc[nH]3)C2)cc1. The van der Waals surface area contributed by atoms with Crippen molar-refractivity contribution >= 4 is 0 Å². The van der Waals surface area contributed by atoms with Gasteiger partial charge in [-0.05, 0) is 37.4 Å². The number of likely N-dealkylation sites (tertiary alicyclic amines) is 1. The summed E-state index contributed by atoms with van der Waals surface area (Å²) in [6.07, 6.45) is 7.69. The largest absolute Gasteiger partial charge is 0.348 e. The number of hydrogen-bond donors (Lipinski definition) is 2. The summed E-state index contributed by atoms with van der Waals surface area (Å²) in [5.41, 5.74) is 1.42. The summed E-state index contributed by atoms with van der Waals surface area (Å²) in [4.78, 5) is 10.0. The minimum atomic E-state index is 0.737. The molecule has 1 aromatic carbocycles. The molecule has 1 unspecified atom stereocenters. The number of hydrogen-bond acceptors (Lipinski definition) is 3. The Kier molecular flexibility index (Phi) is 5.62. The van der Waals surface area contributed by atoms with Crippen LogP contribution in [0.25, 0.3) is 0 Å². The fourth-order valence-corrected chi connectivity index (χ4v) is 3.26. The molecule has 0 aliphatic carbocycles. The molecular formula is C18H26N4. The van der Waals surface area contributed by atoms with Gasteiger partial charge in [-0.1, -0.05) is 36.8 Å². The molecule has 0 saturated carbocycles. The van der Waals surface area contributed by atoms with E-state index in [4.69, 9.17) is 0 Å². The molecule has 2 heterocycles. The number of rotatable bonds is 6. The summed E-state index contributed by atoms with van der Waals surface area (Å²) in [6, 6.07) is 10.8. The van der Waals surface area contributed by atoms with Crippen LogP contribution in [0.15, 0.2) is 42.7 Å². The fraction of sp³-hybridized carbons (Fsp3) is 0.500. The van der Waals surface area contributed by atoms with Crippen molar-refractivity contribution in [3.63, 3.8) is 0 Å². The minimum Gasteiger partial charge on any atom is -0.348 e. The molecule has 1 aromatic heterocycles. The highest BCUT2D eigenvalue weighted by Crippen LogP contribution is 2.18. The van der Waals surface area contributed by atoms with E-state index in [1.165, 1.54) is 37.9 Å². The second-order valence-corrected chi connectivity index (χ2v) is 6.25. The molecule has 0 bridgehead atoms. The molecule has 0 spiro atoms. The standard InChI is InChI=1S/C18H26N4/c1-2-6-16(7-3-1)14-22-11-5-4-8-17(15-22)12-19-13-18-20-9-10-21-18/h1-3,6-7,9-10,17,19H,4-5,8,11-15H2,(H,20,21). The number of benzene rings is 1. The smallest absolute Gasteiger partial charge is 0.120 e. The van der Waals surface area contributed by atoms with Crippen molar-refractivity contribution in [1.82, 2.24) is 20.2 Å². The molecule has 1 atom stereocenters. The van der Waals surface area contributed by atoms with Gasteiger partial charge in [0, 0.05) is 25.5 Å². The van der Waals surface area contributed by atoms with Crippen LogP contribution in [0.5, 0.6) is 0 Å².